The topological polar surface area (TPSA) is 31.4 Å². The first-order valence-electron chi connectivity index (χ1n) is 8.97. The van der Waals surface area contributed by atoms with Gasteiger partial charge >= 0.3 is 0 Å². The first kappa shape index (κ1) is 18.4. The molecule has 1 aromatic carbocycles. The normalized spacial score (nSPS) is 19.1. The lowest BCUT2D eigenvalue weighted by molar-refractivity contribution is 0.0897. The molecule has 1 aliphatic rings. The minimum Gasteiger partial charge on any atom is -0.384 e. The zero-order valence-electron chi connectivity index (χ0n) is 15.1. The van der Waals surface area contributed by atoms with Gasteiger partial charge in [-0.3, -0.25) is 9.88 Å². The summed E-state index contributed by atoms with van der Waals surface area (Å²) < 4.78 is 1.07. The van der Waals surface area contributed by atoms with Crippen LogP contribution in [0.25, 0.3) is 0 Å². The van der Waals surface area contributed by atoms with Crippen LogP contribution in [0.1, 0.15) is 23.7 Å². The van der Waals surface area contributed by atoms with Gasteiger partial charge in [0.05, 0.1) is 15.9 Å². The monoisotopic (exact) mass is 402 g/mol. The predicted octanol–water partition coefficient (Wildman–Crippen LogP) is 3.94. The molecule has 1 aromatic heterocycles. The first-order chi connectivity index (χ1) is 12.1. The summed E-state index contributed by atoms with van der Waals surface area (Å²) in [5.41, 5.74) is 3.58. The van der Waals surface area contributed by atoms with Crippen LogP contribution in [0.2, 0.25) is 0 Å². The zero-order chi connectivity index (χ0) is 17.6. The van der Waals surface area contributed by atoms with Gasteiger partial charge in [0, 0.05) is 45.0 Å². The van der Waals surface area contributed by atoms with Gasteiger partial charge in [-0.25, -0.2) is 0 Å². The zero-order valence-corrected chi connectivity index (χ0v) is 16.7. The lowest BCUT2D eigenvalue weighted by Gasteiger charge is -2.40. The van der Waals surface area contributed by atoms with Crippen LogP contribution in [-0.4, -0.2) is 54.6 Å². The molecule has 134 valence electrons. The lowest BCUT2D eigenvalue weighted by atomic mass is 10.0. The van der Waals surface area contributed by atoms with E-state index in [4.69, 9.17) is 0 Å². The Hall–Kier alpha value is -1.43. The SMILES string of the molecule is Cc1nccc(NCCCN2CCN(C)CC2c2ccccc2)c1Br. The molecule has 0 saturated carbocycles. The molecule has 1 N–H and O–H groups in total. The fourth-order valence-corrected chi connectivity index (χ4v) is 3.78. The first-order valence-corrected chi connectivity index (χ1v) is 9.77. The van der Waals surface area contributed by atoms with E-state index in [1.165, 1.54) is 5.56 Å². The number of pyridine rings is 1. The van der Waals surface area contributed by atoms with Gasteiger partial charge in [-0.05, 0) is 48.0 Å². The highest BCUT2D eigenvalue weighted by molar-refractivity contribution is 9.10. The number of hydrogen-bond donors (Lipinski definition) is 1. The van der Waals surface area contributed by atoms with E-state index in [-0.39, 0.29) is 0 Å². The van der Waals surface area contributed by atoms with Gasteiger partial charge in [-0.2, -0.15) is 0 Å². The van der Waals surface area contributed by atoms with Crippen molar-refractivity contribution in [3.05, 3.63) is 58.3 Å². The molecule has 1 fully saturated rings. The average Bonchev–Trinajstić information content (AvgIpc) is 2.63. The largest absolute Gasteiger partial charge is 0.384 e. The maximum absolute atomic E-state index is 4.29. The average molecular weight is 403 g/mol. The van der Waals surface area contributed by atoms with E-state index in [0.717, 1.165) is 55.0 Å². The molecule has 0 aliphatic carbocycles. The molecule has 1 saturated heterocycles. The van der Waals surface area contributed by atoms with E-state index in [2.05, 4.69) is 73.4 Å². The van der Waals surface area contributed by atoms with Gasteiger partial charge in [-0.1, -0.05) is 30.3 Å². The highest BCUT2D eigenvalue weighted by atomic mass is 79.9. The third kappa shape index (κ3) is 4.81. The number of anilines is 1. The molecule has 1 unspecified atom stereocenters. The Bertz CT molecular complexity index is 677. The number of hydrogen-bond acceptors (Lipinski definition) is 4. The minimum atomic E-state index is 0.495. The van der Waals surface area contributed by atoms with Gasteiger partial charge in [0.15, 0.2) is 0 Å². The summed E-state index contributed by atoms with van der Waals surface area (Å²) in [4.78, 5) is 9.35. The van der Waals surface area contributed by atoms with Crippen molar-refractivity contribution in [2.45, 2.75) is 19.4 Å². The molecule has 1 aliphatic heterocycles. The second kappa shape index (κ2) is 8.79. The fraction of sp³-hybridized carbons (Fsp3) is 0.450. The van der Waals surface area contributed by atoms with Crippen LogP contribution < -0.4 is 5.32 Å². The third-order valence-corrected chi connectivity index (χ3v) is 5.88. The number of halogens is 1. The molecule has 5 heteroatoms. The summed E-state index contributed by atoms with van der Waals surface area (Å²) >= 11 is 3.61. The maximum atomic E-state index is 4.29. The summed E-state index contributed by atoms with van der Waals surface area (Å²) in [5.74, 6) is 0. The number of likely N-dealkylation sites (N-methyl/N-ethyl adjacent to an activating group) is 1. The Morgan fingerprint density at radius 3 is 2.80 bits per heavy atom. The van der Waals surface area contributed by atoms with E-state index in [1.807, 2.05) is 19.2 Å². The predicted molar refractivity (Wildman–Crippen MR) is 108 cm³/mol. The van der Waals surface area contributed by atoms with Gasteiger partial charge < -0.3 is 10.2 Å². The van der Waals surface area contributed by atoms with Crippen LogP contribution in [0.5, 0.6) is 0 Å². The molecule has 0 radical (unpaired) electrons. The van der Waals surface area contributed by atoms with Crippen LogP contribution in [0.15, 0.2) is 47.1 Å². The van der Waals surface area contributed by atoms with Crippen molar-refractivity contribution < 1.29 is 0 Å². The van der Waals surface area contributed by atoms with Crippen molar-refractivity contribution in [2.24, 2.45) is 0 Å². The number of rotatable bonds is 6. The molecule has 2 heterocycles. The van der Waals surface area contributed by atoms with Crippen molar-refractivity contribution in [1.82, 2.24) is 14.8 Å². The molecule has 25 heavy (non-hydrogen) atoms. The standard InChI is InChI=1S/C20H27BrN4/c1-16-20(21)18(9-11-22-16)23-10-6-12-25-14-13-24(2)15-19(25)17-7-4-3-5-8-17/h3-5,7-9,11,19H,6,10,12-15H2,1-2H3,(H,22,23). The Morgan fingerprint density at radius 1 is 1.20 bits per heavy atom. The van der Waals surface area contributed by atoms with Gasteiger partial charge in [0.2, 0.25) is 0 Å². The Morgan fingerprint density at radius 2 is 2.00 bits per heavy atom. The van der Waals surface area contributed by atoms with Crippen LogP contribution in [0.4, 0.5) is 5.69 Å². The van der Waals surface area contributed by atoms with Crippen molar-refractivity contribution >= 4 is 21.6 Å². The molecular formula is C20H27BrN4. The minimum absolute atomic E-state index is 0.495. The smallest absolute Gasteiger partial charge is 0.0619 e. The Labute approximate surface area is 159 Å². The molecule has 4 nitrogen and oxygen atoms in total. The van der Waals surface area contributed by atoms with E-state index in [1.54, 1.807) is 0 Å². The molecule has 3 rings (SSSR count). The summed E-state index contributed by atoms with van der Waals surface area (Å²) in [6, 6.07) is 13.4. The number of benzene rings is 1. The number of aromatic nitrogens is 1. The summed E-state index contributed by atoms with van der Waals surface area (Å²) in [6.45, 7) is 7.48. The van der Waals surface area contributed by atoms with Crippen LogP contribution in [0.3, 0.4) is 0 Å². The lowest BCUT2D eigenvalue weighted by Crippen LogP contribution is -2.47. The van der Waals surface area contributed by atoms with E-state index >= 15 is 0 Å². The molecule has 0 spiro atoms. The highest BCUT2D eigenvalue weighted by Gasteiger charge is 2.25. The molecular weight excluding hydrogens is 376 g/mol. The van der Waals surface area contributed by atoms with Crippen LogP contribution in [-0.2, 0) is 0 Å². The highest BCUT2D eigenvalue weighted by Crippen LogP contribution is 2.26. The molecule has 1 atom stereocenters. The molecule has 0 bridgehead atoms. The van der Waals surface area contributed by atoms with Crippen LogP contribution >= 0.6 is 15.9 Å². The second-order valence-electron chi connectivity index (χ2n) is 6.76. The second-order valence-corrected chi connectivity index (χ2v) is 7.56. The Kier molecular flexibility index (Phi) is 6.45. The number of piperazine rings is 1. The molecule has 0 amide bonds. The number of nitrogens with one attached hydrogen (secondary N) is 1. The summed E-state index contributed by atoms with van der Waals surface area (Å²) in [6.07, 6.45) is 2.98. The third-order valence-electron chi connectivity index (χ3n) is 4.88. The van der Waals surface area contributed by atoms with Gasteiger partial charge in [-0.15, -0.1) is 0 Å². The van der Waals surface area contributed by atoms with E-state index < -0.39 is 0 Å². The fourth-order valence-electron chi connectivity index (χ4n) is 3.41. The summed E-state index contributed by atoms with van der Waals surface area (Å²) in [7, 11) is 2.22. The van der Waals surface area contributed by atoms with Crippen LogP contribution in [0, 0.1) is 6.92 Å². The quantitative estimate of drug-likeness (QED) is 0.741. The van der Waals surface area contributed by atoms with Crippen molar-refractivity contribution in [1.29, 1.82) is 0 Å². The van der Waals surface area contributed by atoms with Gasteiger partial charge in [0.1, 0.15) is 0 Å². The van der Waals surface area contributed by atoms with E-state index in [9.17, 15) is 0 Å². The number of aryl methyl sites for hydroxylation is 1. The summed E-state index contributed by atoms with van der Waals surface area (Å²) in [5, 5.41) is 3.53. The maximum Gasteiger partial charge on any atom is 0.0619 e. The molecule has 2 aromatic rings. The van der Waals surface area contributed by atoms with Crippen molar-refractivity contribution in [3.63, 3.8) is 0 Å². The van der Waals surface area contributed by atoms with Crippen molar-refractivity contribution in [3.8, 4) is 0 Å². The van der Waals surface area contributed by atoms with Gasteiger partial charge in [0.25, 0.3) is 0 Å². The van der Waals surface area contributed by atoms with Crippen molar-refractivity contribution in [2.75, 3.05) is 45.1 Å². The van der Waals surface area contributed by atoms with E-state index in [0.29, 0.717) is 6.04 Å². The Balaban J connectivity index is 1.55. The number of nitrogens with zero attached hydrogens (tertiary/aromatic N) is 3.